The number of nitrogens with zero attached hydrogens (tertiary/aromatic N) is 1. The highest BCUT2D eigenvalue weighted by Gasteiger charge is 2.31. The smallest absolute Gasteiger partial charge is 0.261 e. The largest absolute Gasteiger partial charge is 0.478 e. The van der Waals surface area contributed by atoms with Gasteiger partial charge in [-0.25, -0.2) is 8.42 Å². The van der Waals surface area contributed by atoms with Crippen LogP contribution in [0.2, 0.25) is 5.02 Å². The predicted octanol–water partition coefficient (Wildman–Crippen LogP) is 2.19. The molecule has 2 rings (SSSR count). The summed E-state index contributed by atoms with van der Waals surface area (Å²) in [5.41, 5.74) is 0.348. The molecule has 0 saturated heterocycles. The summed E-state index contributed by atoms with van der Waals surface area (Å²) in [5, 5.41) is 3.21. The molecule has 1 unspecified atom stereocenters. The van der Waals surface area contributed by atoms with Gasteiger partial charge in [0.1, 0.15) is 5.75 Å². The molecule has 1 amide bonds. The van der Waals surface area contributed by atoms with E-state index in [1.807, 2.05) is 13.8 Å². The Balaban J connectivity index is 2.05. The van der Waals surface area contributed by atoms with E-state index in [1.165, 1.54) is 10.4 Å². The van der Waals surface area contributed by atoms with Crippen LogP contribution >= 0.6 is 11.6 Å². The van der Waals surface area contributed by atoms with E-state index in [-0.39, 0.29) is 25.0 Å². The van der Waals surface area contributed by atoms with Crippen LogP contribution in [0.3, 0.4) is 0 Å². The van der Waals surface area contributed by atoms with Crippen molar-refractivity contribution in [2.45, 2.75) is 38.9 Å². The van der Waals surface area contributed by atoms with E-state index < -0.39 is 16.1 Å². The first-order valence-corrected chi connectivity index (χ1v) is 10.7. The van der Waals surface area contributed by atoms with Gasteiger partial charge >= 0.3 is 0 Å². The van der Waals surface area contributed by atoms with Gasteiger partial charge in [-0.15, -0.1) is 0 Å². The van der Waals surface area contributed by atoms with E-state index in [9.17, 15) is 13.2 Å². The van der Waals surface area contributed by atoms with Crippen molar-refractivity contribution in [1.29, 1.82) is 0 Å². The van der Waals surface area contributed by atoms with Gasteiger partial charge in [0.15, 0.2) is 6.10 Å². The van der Waals surface area contributed by atoms with Crippen LogP contribution in [0.4, 0.5) is 5.69 Å². The summed E-state index contributed by atoms with van der Waals surface area (Å²) in [6.07, 6.45) is 1.44. The van der Waals surface area contributed by atoms with E-state index in [1.54, 1.807) is 12.1 Å². The van der Waals surface area contributed by atoms with Crippen molar-refractivity contribution < 1.29 is 22.7 Å². The number of rotatable bonds is 7. The van der Waals surface area contributed by atoms with E-state index in [4.69, 9.17) is 21.1 Å². The number of amides is 1. The van der Waals surface area contributed by atoms with Gasteiger partial charge in [-0.05, 0) is 38.5 Å². The van der Waals surface area contributed by atoms with E-state index >= 15 is 0 Å². The van der Waals surface area contributed by atoms with E-state index in [0.717, 1.165) is 6.26 Å². The Morgan fingerprint density at radius 2 is 2.19 bits per heavy atom. The van der Waals surface area contributed by atoms with Crippen LogP contribution in [0.15, 0.2) is 18.2 Å². The van der Waals surface area contributed by atoms with Crippen LogP contribution in [0.1, 0.15) is 26.7 Å². The monoisotopic (exact) mass is 404 g/mol. The van der Waals surface area contributed by atoms with Crippen LogP contribution in [-0.2, 0) is 19.6 Å². The molecule has 1 atom stereocenters. The van der Waals surface area contributed by atoms with Crippen molar-refractivity contribution >= 4 is 33.2 Å². The quantitative estimate of drug-likeness (QED) is 0.704. The average Bonchev–Trinajstić information content (AvgIpc) is 2.73. The fourth-order valence-electron chi connectivity index (χ4n) is 2.60. The molecule has 146 valence electrons. The summed E-state index contributed by atoms with van der Waals surface area (Å²) in [4.78, 5) is 12.4. The molecular weight excluding hydrogens is 380 g/mol. The lowest BCUT2D eigenvalue weighted by Crippen LogP contribution is -2.40. The molecule has 7 nitrogen and oxygen atoms in total. The lowest BCUT2D eigenvalue weighted by atomic mass is 10.2. The van der Waals surface area contributed by atoms with Crippen molar-refractivity contribution in [2.24, 2.45) is 0 Å². The summed E-state index contributed by atoms with van der Waals surface area (Å²) in [6, 6.07) is 4.71. The second-order valence-corrected chi connectivity index (χ2v) is 8.75. The predicted molar refractivity (Wildman–Crippen MR) is 101 cm³/mol. The molecule has 0 saturated carbocycles. The Morgan fingerprint density at radius 3 is 2.85 bits per heavy atom. The maximum Gasteiger partial charge on any atom is 0.261 e. The highest BCUT2D eigenvalue weighted by Crippen LogP contribution is 2.36. The molecule has 1 aliphatic heterocycles. The van der Waals surface area contributed by atoms with Gasteiger partial charge in [0.2, 0.25) is 10.0 Å². The molecule has 0 bridgehead atoms. The molecule has 0 radical (unpaired) electrons. The Labute approximate surface area is 159 Å². The zero-order valence-electron chi connectivity index (χ0n) is 15.2. The third-order valence-electron chi connectivity index (χ3n) is 3.82. The van der Waals surface area contributed by atoms with Gasteiger partial charge in [-0.1, -0.05) is 11.6 Å². The molecule has 26 heavy (non-hydrogen) atoms. The number of hydrogen-bond acceptors (Lipinski definition) is 5. The van der Waals surface area contributed by atoms with Crippen molar-refractivity contribution in [3.63, 3.8) is 0 Å². The van der Waals surface area contributed by atoms with Crippen molar-refractivity contribution in [1.82, 2.24) is 5.32 Å². The van der Waals surface area contributed by atoms with Gasteiger partial charge in [-0.3, -0.25) is 9.10 Å². The van der Waals surface area contributed by atoms with Crippen LogP contribution in [0, 0.1) is 0 Å². The number of sulfonamides is 1. The number of carbonyl (C=O) groups excluding carboxylic acids is 1. The fraction of sp³-hybridized carbons (Fsp3) is 0.588. The van der Waals surface area contributed by atoms with Gasteiger partial charge in [-0.2, -0.15) is 0 Å². The Kier molecular flexibility index (Phi) is 7.14. The Bertz CT molecular complexity index is 739. The zero-order valence-corrected chi connectivity index (χ0v) is 16.8. The fourth-order valence-corrected chi connectivity index (χ4v) is 3.70. The summed E-state index contributed by atoms with van der Waals surface area (Å²) in [6.45, 7) is 5.08. The molecule has 1 aromatic rings. The summed E-state index contributed by atoms with van der Waals surface area (Å²) in [5.74, 6) is 0.0476. The summed E-state index contributed by atoms with van der Waals surface area (Å²) < 4.78 is 36.6. The minimum Gasteiger partial charge on any atom is -0.478 e. The zero-order chi connectivity index (χ0) is 19.3. The van der Waals surface area contributed by atoms with Crippen LogP contribution in [-0.4, -0.2) is 52.5 Å². The first-order valence-electron chi connectivity index (χ1n) is 8.51. The van der Waals surface area contributed by atoms with Gasteiger partial charge in [0, 0.05) is 31.1 Å². The number of anilines is 1. The number of halogens is 1. The highest BCUT2D eigenvalue weighted by atomic mass is 35.5. The van der Waals surface area contributed by atoms with E-state index in [2.05, 4.69) is 5.32 Å². The molecule has 0 aliphatic carbocycles. The average molecular weight is 405 g/mol. The maximum absolute atomic E-state index is 12.4. The number of carbonyl (C=O) groups is 1. The number of ether oxygens (including phenoxy) is 2. The van der Waals surface area contributed by atoms with Crippen molar-refractivity contribution in [3.8, 4) is 5.75 Å². The minimum absolute atomic E-state index is 0.140. The van der Waals surface area contributed by atoms with Crippen molar-refractivity contribution in [2.75, 3.05) is 30.3 Å². The highest BCUT2D eigenvalue weighted by molar-refractivity contribution is 7.92. The third-order valence-corrected chi connectivity index (χ3v) is 5.23. The first-order chi connectivity index (χ1) is 12.2. The SMILES string of the molecule is CC(C)OCCCNC(=O)C1CCN(S(C)(=O)=O)c2cc(Cl)ccc2O1. The molecule has 1 aliphatic rings. The Morgan fingerprint density at radius 1 is 1.46 bits per heavy atom. The number of fused-ring (bicyclic) bond motifs is 1. The molecule has 9 heteroatoms. The standard InChI is InChI=1S/C17H25ClN2O5S/c1-12(2)24-10-4-8-19-17(21)16-7-9-20(26(3,22)23)14-11-13(18)5-6-15(14)25-16/h5-6,11-12,16H,4,7-10H2,1-3H3,(H,19,21). The van der Waals surface area contributed by atoms with Crippen molar-refractivity contribution in [3.05, 3.63) is 23.2 Å². The maximum atomic E-state index is 12.4. The second kappa shape index (κ2) is 8.92. The number of benzene rings is 1. The topological polar surface area (TPSA) is 84.9 Å². The number of nitrogens with one attached hydrogen (secondary N) is 1. The van der Waals surface area contributed by atoms with Gasteiger partial charge in [0.25, 0.3) is 5.91 Å². The van der Waals surface area contributed by atoms with E-state index in [0.29, 0.717) is 36.0 Å². The molecule has 1 aromatic carbocycles. The molecule has 1 N–H and O–H groups in total. The molecule has 0 fully saturated rings. The van der Waals surface area contributed by atoms with Crippen LogP contribution in [0.25, 0.3) is 0 Å². The van der Waals surface area contributed by atoms with Crippen LogP contribution in [0.5, 0.6) is 5.75 Å². The molecular formula is C17H25ClN2O5S. The normalized spacial score (nSPS) is 17.4. The number of hydrogen-bond donors (Lipinski definition) is 1. The lowest BCUT2D eigenvalue weighted by Gasteiger charge is -2.21. The molecule has 0 aromatic heterocycles. The van der Waals surface area contributed by atoms with Crippen LogP contribution < -0.4 is 14.4 Å². The molecule has 0 spiro atoms. The summed E-state index contributed by atoms with van der Waals surface area (Å²) >= 11 is 6.00. The lowest BCUT2D eigenvalue weighted by molar-refractivity contribution is -0.128. The van der Waals surface area contributed by atoms with Gasteiger partial charge in [0.05, 0.1) is 18.0 Å². The minimum atomic E-state index is -3.51. The van der Waals surface area contributed by atoms with Gasteiger partial charge < -0.3 is 14.8 Å². The second-order valence-electron chi connectivity index (χ2n) is 6.41. The summed E-state index contributed by atoms with van der Waals surface area (Å²) in [7, 11) is -3.51. The first kappa shape index (κ1) is 20.8. The molecule has 1 heterocycles. The third kappa shape index (κ3) is 5.75. The Hall–Kier alpha value is -1.51.